The van der Waals surface area contributed by atoms with Crippen molar-refractivity contribution in [3.8, 4) is 22.3 Å². The third-order valence-electron chi connectivity index (χ3n) is 4.38. The van der Waals surface area contributed by atoms with Gasteiger partial charge >= 0.3 is 6.09 Å². The summed E-state index contributed by atoms with van der Waals surface area (Å²) in [5.41, 5.74) is 5.31. The molecule has 0 bridgehead atoms. The van der Waals surface area contributed by atoms with E-state index in [4.69, 9.17) is 16.7 Å². The van der Waals surface area contributed by atoms with E-state index in [0.717, 1.165) is 27.9 Å². The van der Waals surface area contributed by atoms with Crippen LogP contribution < -0.4 is 5.32 Å². The fraction of sp³-hybridized carbons (Fsp3) is 0.150. The van der Waals surface area contributed by atoms with Crippen LogP contribution in [0.2, 0.25) is 5.02 Å². The summed E-state index contributed by atoms with van der Waals surface area (Å²) in [5.74, 6) is 0.592. The fourth-order valence-electron chi connectivity index (χ4n) is 2.93. The van der Waals surface area contributed by atoms with Crippen molar-refractivity contribution in [2.75, 3.05) is 5.32 Å². The summed E-state index contributed by atoms with van der Waals surface area (Å²) in [6.07, 6.45) is 6.71. The summed E-state index contributed by atoms with van der Waals surface area (Å²) in [6.45, 7) is 0. The van der Waals surface area contributed by atoms with Crippen LogP contribution in [0, 0.1) is 0 Å². The number of carboxylic acid groups (broad SMARTS) is 1. The van der Waals surface area contributed by atoms with E-state index >= 15 is 0 Å². The number of nitrogens with zero attached hydrogens (tertiary/aromatic N) is 2. The molecular formula is C20H16ClN3O2. The van der Waals surface area contributed by atoms with Crippen LogP contribution in [0.3, 0.4) is 0 Å². The summed E-state index contributed by atoms with van der Waals surface area (Å²) in [4.78, 5) is 19.6. The molecule has 1 aliphatic carbocycles. The van der Waals surface area contributed by atoms with Crippen molar-refractivity contribution in [1.29, 1.82) is 0 Å². The molecule has 2 heterocycles. The van der Waals surface area contributed by atoms with Gasteiger partial charge in [-0.1, -0.05) is 17.7 Å². The minimum atomic E-state index is -1.12. The Hall–Kier alpha value is -2.92. The summed E-state index contributed by atoms with van der Waals surface area (Å²) in [6, 6.07) is 11.2. The molecule has 26 heavy (non-hydrogen) atoms. The second-order valence-corrected chi connectivity index (χ2v) is 6.74. The van der Waals surface area contributed by atoms with Gasteiger partial charge in [0.05, 0.1) is 5.02 Å². The zero-order chi connectivity index (χ0) is 18.1. The monoisotopic (exact) mass is 365 g/mol. The first-order chi connectivity index (χ1) is 12.6. The molecule has 0 spiro atoms. The first kappa shape index (κ1) is 16.5. The summed E-state index contributed by atoms with van der Waals surface area (Å²) in [7, 11) is 0. The number of benzene rings is 1. The molecule has 130 valence electrons. The lowest BCUT2D eigenvalue weighted by Gasteiger charge is -2.09. The van der Waals surface area contributed by atoms with Crippen LogP contribution >= 0.6 is 11.6 Å². The molecule has 0 unspecified atom stereocenters. The van der Waals surface area contributed by atoms with Crippen molar-refractivity contribution >= 4 is 23.4 Å². The number of amides is 1. The first-order valence-corrected chi connectivity index (χ1v) is 8.69. The van der Waals surface area contributed by atoms with Crippen molar-refractivity contribution < 1.29 is 9.90 Å². The number of rotatable bonds is 4. The van der Waals surface area contributed by atoms with Crippen LogP contribution in [0.5, 0.6) is 0 Å². The number of hydrogen-bond acceptors (Lipinski definition) is 3. The normalized spacial score (nSPS) is 13.4. The van der Waals surface area contributed by atoms with Crippen molar-refractivity contribution in [3.05, 3.63) is 65.7 Å². The highest BCUT2D eigenvalue weighted by atomic mass is 35.5. The minimum absolute atomic E-state index is 0.429. The van der Waals surface area contributed by atoms with E-state index in [2.05, 4.69) is 21.4 Å². The lowest BCUT2D eigenvalue weighted by atomic mass is 10.0. The zero-order valence-corrected chi connectivity index (χ0v) is 14.6. The van der Waals surface area contributed by atoms with Gasteiger partial charge in [0.2, 0.25) is 0 Å². The van der Waals surface area contributed by atoms with Crippen molar-refractivity contribution in [2.24, 2.45) is 0 Å². The Balaban J connectivity index is 1.67. The molecule has 1 saturated carbocycles. The molecule has 6 heteroatoms. The quantitative estimate of drug-likeness (QED) is 0.646. The maximum absolute atomic E-state index is 10.7. The Morgan fingerprint density at radius 1 is 1.08 bits per heavy atom. The molecule has 1 amide bonds. The van der Waals surface area contributed by atoms with Gasteiger partial charge in [0.15, 0.2) is 0 Å². The van der Waals surface area contributed by atoms with E-state index < -0.39 is 6.09 Å². The number of halogens is 1. The lowest BCUT2D eigenvalue weighted by Crippen LogP contribution is -2.06. The standard InChI is InChI=1S/C20H16ClN3O2/c21-18-9-16(24-20(25)26)3-4-17(18)15-7-14(10-22-11-15)13-5-6-23-19(8-13)12-1-2-12/h3-12,24H,1-2H2,(H,25,26). The predicted octanol–water partition coefficient (Wildman–Crippen LogP) is 5.43. The highest BCUT2D eigenvalue weighted by Gasteiger charge is 2.25. The molecular weight excluding hydrogens is 350 g/mol. The zero-order valence-electron chi connectivity index (χ0n) is 13.8. The molecule has 1 fully saturated rings. The number of pyridine rings is 2. The van der Waals surface area contributed by atoms with E-state index in [9.17, 15) is 4.79 Å². The summed E-state index contributed by atoms with van der Waals surface area (Å²) in [5, 5.41) is 11.6. The maximum Gasteiger partial charge on any atom is 0.409 e. The van der Waals surface area contributed by atoms with E-state index in [0.29, 0.717) is 16.6 Å². The van der Waals surface area contributed by atoms with Gasteiger partial charge in [-0.2, -0.15) is 0 Å². The molecule has 1 aromatic carbocycles. The topological polar surface area (TPSA) is 75.1 Å². The van der Waals surface area contributed by atoms with Crippen LogP contribution in [0.15, 0.2) is 55.0 Å². The largest absolute Gasteiger partial charge is 0.465 e. The fourth-order valence-corrected chi connectivity index (χ4v) is 3.22. The Labute approximate surface area is 155 Å². The maximum atomic E-state index is 10.7. The molecule has 2 N–H and O–H groups in total. The Morgan fingerprint density at radius 2 is 1.88 bits per heavy atom. The van der Waals surface area contributed by atoms with E-state index in [1.165, 1.54) is 12.8 Å². The van der Waals surface area contributed by atoms with Crippen molar-refractivity contribution in [1.82, 2.24) is 9.97 Å². The predicted molar refractivity (Wildman–Crippen MR) is 102 cm³/mol. The van der Waals surface area contributed by atoms with E-state index in [1.807, 2.05) is 24.5 Å². The van der Waals surface area contributed by atoms with Gasteiger partial charge in [0, 0.05) is 52.6 Å². The van der Waals surface area contributed by atoms with Gasteiger partial charge in [0.1, 0.15) is 0 Å². The van der Waals surface area contributed by atoms with E-state index in [1.54, 1.807) is 24.4 Å². The number of carbonyl (C=O) groups is 1. The molecule has 0 aliphatic heterocycles. The summed E-state index contributed by atoms with van der Waals surface area (Å²) >= 11 is 6.35. The SMILES string of the molecule is O=C(O)Nc1ccc(-c2cncc(-c3ccnc(C4CC4)c3)c2)c(Cl)c1. The van der Waals surface area contributed by atoms with Crippen LogP contribution in [0.1, 0.15) is 24.5 Å². The number of nitrogens with one attached hydrogen (secondary N) is 1. The van der Waals surface area contributed by atoms with Gasteiger partial charge in [-0.3, -0.25) is 15.3 Å². The van der Waals surface area contributed by atoms with Crippen LogP contribution in [0.25, 0.3) is 22.3 Å². The summed E-state index contributed by atoms with van der Waals surface area (Å²) < 4.78 is 0. The second kappa shape index (κ2) is 6.77. The highest BCUT2D eigenvalue weighted by Crippen LogP contribution is 2.40. The Bertz CT molecular complexity index is 986. The van der Waals surface area contributed by atoms with Gasteiger partial charge < -0.3 is 5.11 Å². The lowest BCUT2D eigenvalue weighted by molar-refractivity contribution is 0.210. The second-order valence-electron chi connectivity index (χ2n) is 6.33. The molecule has 1 aliphatic rings. The average molecular weight is 366 g/mol. The number of aromatic nitrogens is 2. The van der Waals surface area contributed by atoms with Gasteiger partial charge in [0.25, 0.3) is 0 Å². The molecule has 4 rings (SSSR count). The first-order valence-electron chi connectivity index (χ1n) is 8.31. The van der Waals surface area contributed by atoms with Gasteiger partial charge in [-0.15, -0.1) is 0 Å². The van der Waals surface area contributed by atoms with Crippen molar-refractivity contribution in [2.45, 2.75) is 18.8 Å². The van der Waals surface area contributed by atoms with Crippen LogP contribution in [-0.4, -0.2) is 21.2 Å². The molecule has 0 atom stereocenters. The third kappa shape index (κ3) is 3.53. The molecule has 2 aromatic heterocycles. The van der Waals surface area contributed by atoms with Gasteiger partial charge in [-0.25, -0.2) is 4.79 Å². The highest BCUT2D eigenvalue weighted by molar-refractivity contribution is 6.33. The molecule has 3 aromatic rings. The number of anilines is 1. The van der Waals surface area contributed by atoms with Crippen LogP contribution in [0.4, 0.5) is 10.5 Å². The van der Waals surface area contributed by atoms with Gasteiger partial charge in [-0.05, 0) is 48.7 Å². The Morgan fingerprint density at radius 3 is 2.62 bits per heavy atom. The third-order valence-corrected chi connectivity index (χ3v) is 4.69. The van der Waals surface area contributed by atoms with E-state index in [-0.39, 0.29) is 0 Å². The Kier molecular flexibility index (Phi) is 4.31. The van der Waals surface area contributed by atoms with Crippen LogP contribution in [-0.2, 0) is 0 Å². The smallest absolute Gasteiger partial charge is 0.409 e. The molecule has 0 radical (unpaired) electrons. The molecule has 5 nitrogen and oxygen atoms in total. The average Bonchev–Trinajstić information content (AvgIpc) is 3.47. The number of hydrogen-bond donors (Lipinski definition) is 2. The van der Waals surface area contributed by atoms with Crippen molar-refractivity contribution in [3.63, 3.8) is 0 Å². The minimum Gasteiger partial charge on any atom is -0.465 e. The molecule has 0 saturated heterocycles.